The number of aliphatic hydroxyl groups excluding tert-OH is 1. The number of unbranched alkanes of at least 4 members (excludes halogenated alkanes) is 29. The number of carbonyl (C=O) groups is 4. The van der Waals surface area contributed by atoms with Crippen LogP contribution in [0.2, 0.25) is 0 Å². The molecule has 0 amide bonds. The Labute approximate surface area is 607 Å². The quantitative estimate of drug-likeness (QED) is 0.0169. The second-order valence-electron chi connectivity index (χ2n) is 25.9. The molecule has 0 spiro atoms. The molecule has 5 unspecified atom stereocenters. The minimum Gasteiger partial charge on any atom is -0.462 e. The standard InChI is InChI=1S/C81H140O17P2/c1-5-9-13-17-21-25-29-33-35-37-39-43-45-49-53-57-61-65-78(83)91-71-76(97-80(85)67-63-59-55-51-47-41-31-27-23-19-15-11-7-3)73-95-99(87,88)93-69-75(82)70-94-100(89,90)96-74-77(98-81(86)68-64-60-56-52-48-42-32-28-24-20-16-12-8-4)72-92-79(84)66-62-58-54-50-46-44-40-38-36-34-30-26-22-18-14-10-6-2/h9-10,13-14,21-22,25-26,33-36,39-40,43-44,49,53,75-77,82H,5-8,11-12,15-20,23-24,27-32,37-38,41-42,45-48,50-52,54-74H2,1-4H3,(H,87,88)(H,89,90)/b13-9-,14-10-,25-21-,26-22-,35-33-,36-34-,43-39-,44-40-,53-49-. The zero-order valence-corrected chi connectivity index (χ0v) is 64.6. The highest BCUT2D eigenvalue weighted by Gasteiger charge is 2.30. The first-order valence-corrected chi connectivity index (χ1v) is 42.1. The monoisotopic (exact) mass is 1450 g/mol. The van der Waals surface area contributed by atoms with Gasteiger partial charge in [0, 0.05) is 25.7 Å². The third kappa shape index (κ3) is 72.1. The molecule has 17 nitrogen and oxygen atoms in total. The van der Waals surface area contributed by atoms with Gasteiger partial charge in [-0.15, -0.1) is 0 Å². The Balaban J connectivity index is 5.39. The molecule has 0 fully saturated rings. The Morgan fingerprint density at radius 2 is 0.530 bits per heavy atom. The summed E-state index contributed by atoms with van der Waals surface area (Å²) in [5.74, 6) is -2.25. The van der Waals surface area contributed by atoms with Gasteiger partial charge in [0.2, 0.25) is 0 Å². The first-order chi connectivity index (χ1) is 48.7. The molecule has 0 aliphatic rings. The summed E-state index contributed by atoms with van der Waals surface area (Å²) in [7, 11) is -9.97. The average molecular weight is 1450 g/mol. The van der Waals surface area contributed by atoms with Crippen LogP contribution in [-0.2, 0) is 65.4 Å². The van der Waals surface area contributed by atoms with Gasteiger partial charge in [-0.1, -0.05) is 304 Å². The minimum absolute atomic E-state index is 0.0841. The summed E-state index contributed by atoms with van der Waals surface area (Å²) >= 11 is 0. The van der Waals surface area contributed by atoms with E-state index in [4.69, 9.17) is 37.0 Å². The summed E-state index contributed by atoms with van der Waals surface area (Å²) in [6.07, 6.45) is 77.9. The molecular formula is C81H140O17P2. The molecule has 19 heteroatoms. The summed E-state index contributed by atoms with van der Waals surface area (Å²) < 4.78 is 68.5. The van der Waals surface area contributed by atoms with E-state index in [2.05, 4.69) is 125 Å². The van der Waals surface area contributed by atoms with E-state index in [1.807, 2.05) is 12.2 Å². The molecule has 0 bridgehead atoms. The number of aliphatic hydroxyl groups is 1. The lowest BCUT2D eigenvalue weighted by atomic mass is 10.0. The Kier molecular flexibility index (Phi) is 69.9. The van der Waals surface area contributed by atoms with Crippen molar-refractivity contribution in [3.05, 3.63) is 109 Å². The Hall–Kier alpha value is -4.28. The van der Waals surface area contributed by atoms with E-state index in [0.717, 1.165) is 135 Å². The van der Waals surface area contributed by atoms with E-state index in [0.29, 0.717) is 32.1 Å². The number of carbonyl (C=O) groups excluding carboxylic acids is 4. The average Bonchev–Trinajstić information content (AvgIpc) is 0.943. The lowest BCUT2D eigenvalue weighted by molar-refractivity contribution is -0.161. The Bertz CT molecular complexity index is 2320. The highest BCUT2D eigenvalue weighted by molar-refractivity contribution is 7.47. The van der Waals surface area contributed by atoms with Gasteiger partial charge < -0.3 is 33.8 Å². The number of ether oxygens (including phenoxy) is 4. The van der Waals surface area contributed by atoms with Crippen molar-refractivity contribution in [3.8, 4) is 0 Å². The number of hydrogen-bond donors (Lipinski definition) is 3. The zero-order valence-electron chi connectivity index (χ0n) is 62.8. The Morgan fingerprint density at radius 1 is 0.290 bits per heavy atom. The van der Waals surface area contributed by atoms with Crippen LogP contribution in [0.5, 0.6) is 0 Å². The van der Waals surface area contributed by atoms with Crippen molar-refractivity contribution in [2.24, 2.45) is 0 Å². The van der Waals surface area contributed by atoms with Crippen LogP contribution in [-0.4, -0.2) is 96.7 Å². The molecule has 0 radical (unpaired) electrons. The first-order valence-electron chi connectivity index (χ1n) is 39.1. The van der Waals surface area contributed by atoms with Crippen LogP contribution in [0, 0.1) is 0 Å². The van der Waals surface area contributed by atoms with E-state index in [-0.39, 0.29) is 25.7 Å². The topological polar surface area (TPSA) is 237 Å². The summed E-state index contributed by atoms with van der Waals surface area (Å²) in [6, 6.07) is 0. The van der Waals surface area contributed by atoms with Gasteiger partial charge in [-0.05, 0) is 103 Å². The van der Waals surface area contributed by atoms with Gasteiger partial charge in [0.05, 0.1) is 26.4 Å². The van der Waals surface area contributed by atoms with Crippen LogP contribution in [0.15, 0.2) is 109 Å². The third-order valence-electron chi connectivity index (χ3n) is 16.3. The molecule has 0 saturated carbocycles. The molecule has 3 N–H and O–H groups in total. The van der Waals surface area contributed by atoms with Gasteiger partial charge in [-0.3, -0.25) is 37.3 Å². The van der Waals surface area contributed by atoms with E-state index in [9.17, 15) is 43.2 Å². The van der Waals surface area contributed by atoms with Crippen LogP contribution in [0.25, 0.3) is 0 Å². The van der Waals surface area contributed by atoms with Crippen molar-refractivity contribution in [3.63, 3.8) is 0 Å². The van der Waals surface area contributed by atoms with Crippen LogP contribution in [0.4, 0.5) is 0 Å². The Morgan fingerprint density at radius 3 is 0.840 bits per heavy atom. The second kappa shape index (κ2) is 73.0. The normalized spacial score (nSPS) is 14.5. The molecule has 0 aromatic heterocycles. The van der Waals surface area contributed by atoms with Gasteiger partial charge in [0.15, 0.2) is 12.2 Å². The summed E-state index contributed by atoms with van der Waals surface area (Å²) in [4.78, 5) is 72.9. The molecule has 0 aliphatic carbocycles. The van der Waals surface area contributed by atoms with E-state index in [1.54, 1.807) is 0 Å². The van der Waals surface area contributed by atoms with Crippen molar-refractivity contribution in [2.75, 3.05) is 39.6 Å². The fourth-order valence-corrected chi connectivity index (χ4v) is 11.9. The first kappa shape index (κ1) is 95.7. The fourth-order valence-electron chi connectivity index (χ4n) is 10.4. The molecular weight excluding hydrogens is 1310 g/mol. The van der Waals surface area contributed by atoms with Gasteiger partial charge in [0.1, 0.15) is 19.3 Å². The third-order valence-corrected chi connectivity index (χ3v) is 18.2. The molecule has 0 aromatic carbocycles. The molecule has 5 atom stereocenters. The lowest BCUT2D eigenvalue weighted by Crippen LogP contribution is -2.30. The van der Waals surface area contributed by atoms with Gasteiger partial charge in [0.25, 0.3) is 0 Å². The number of allylic oxidation sites excluding steroid dienone is 18. The number of esters is 4. The molecule has 576 valence electrons. The number of rotatable bonds is 73. The molecule has 0 rings (SSSR count). The predicted molar refractivity (Wildman–Crippen MR) is 408 cm³/mol. The van der Waals surface area contributed by atoms with E-state index < -0.39 is 97.5 Å². The van der Waals surface area contributed by atoms with Crippen LogP contribution in [0.1, 0.15) is 323 Å². The van der Waals surface area contributed by atoms with Crippen LogP contribution in [0.3, 0.4) is 0 Å². The smallest absolute Gasteiger partial charge is 0.462 e. The van der Waals surface area contributed by atoms with Crippen molar-refractivity contribution in [1.82, 2.24) is 0 Å². The lowest BCUT2D eigenvalue weighted by Gasteiger charge is -2.21. The largest absolute Gasteiger partial charge is 0.472 e. The van der Waals surface area contributed by atoms with Crippen molar-refractivity contribution in [2.45, 2.75) is 341 Å². The van der Waals surface area contributed by atoms with E-state index >= 15 is 0 Å². The second-order valence-corrected chi connectivity index (χ2v) is 28.8. The maximum absolute atomic E-state index is 13.1. The molecule has 0 heterocycles. The maximum Gasteiger partial charge on any atom is 0.472 e. The van der Waals surface area contributed by atoms with Gasteiger partial charge >= 0.3 is 39.5 Å². The van der Waals surface area contributed by atoms with Crippen molar-refractivity contribution in [1.29, 1.82) is 0 Å². The highest BCUT2D eigenvalue weighted by Crippen LogP contribution is 2.45. The van der Waals surface area contributed by atoms with Gasteiger partial charge in [-0.2, -0.15) is 0 Å². The highest BCUT2D eigenvalue weighted by atomic mass is 31.2. The van der Waals surface area contributed by atoms with Crippen LogP contribution < -0.4 is 0 Å². The molecule has 0 aromatic rings. The summed E-state index contributed by atoms with van der Waals surface area (Å²) in [5, 5.41) is 10.6. The number of hydrogen-bond acceptors (Lipinski definition) is 15. The molecule has 0 saturated heterocycles. The SMILES string of the molecule is CC/C=C\C/C=C\C/C=C\C/C=C\C/C=C\CCCC(=O)OCC(COP(=O)(O)OCC(O)COP(=O)(O)OCC(COC(=O)CCCCCC/C=C\C/C=C\C/C=C\C/C=C\CC)OC(=O)CCCCCCCCCCCCCCC)OC(=O)CCCCCCCCCCCCCCC. The minimum atomic E-state index is -4.99. The van der Waals surface area contributed by atoms with Crippen LogP contribution >= 0.6 is 15.6 Å². The van der Waals surface area contributed by atoms with Crippen molar-refractivity contribution >= 4 is 39.5 Å². The zero-order chi connectivity index (χ0) is 73.2. The maximum atomic E-state index is 13.1. The fraction of sp³-hybridized carbons (Fsp3) is 0.728. The summed E-state index contributed by atoms with van der Waals surface area (Å²) in [6.45, 7) is 4.58. The predicted octanol–water partition coefficient (Wildman–Crippen LogP) is 22.6. The summed E-state index contributed by atoms with van der Waals surface area (Å²) in [5.41, 5.74) is 0. The van der Waals surface area contributed by atoms with Crippen molar-refractivity contribution < 1.29 is 80.2 Å². The molecule has 0 aliphatic heterocycles. The number of phosphoric ester groups is 2. The number of phosphoric acid groups is 2. The van der Waals surface area contributed by atoms with Gasteiger partial charge in [-0.25, -0.2) is 9.13 Å². The van der Waals surface area contributed by atoms with E-state index in [1.165, 1.54) is 103 Å². The molecule has 100 heavy (non-hydrogen) atoms.